The van der Waals surface area contributed by atoms with Crippen molar-refractivity contribution in [1.82, 2.24) is 0 Å². The van der Waals surface area contributed by atoms with Crippen LogP contribution in [0.1, 0.15) is 6.92 Å². The van der Waals surface area contributed by atoms with Gasteiger partial charge in [0, 0.05) is 12.9 Å². The number of nitrogens with zero attached hydrogens (tertiary/aromatic N) is 1. The van der Waals surface area contributed by atoms with Crippen molar-refractivity contribution >= 4 is 17.7 Å². The molecule has 3 unspecified atom stereocenters. The Morgan fingerprint density at radius 2 is 1.57 bits per heavy atom. The second-order valence-electron chi connectivity index (χ2n) is 7.05. The van der Waals surface area contributed by atoms with Gasteiger partial charge in [-0.3, -0.25) is 4.74 Å². The maximum Gasteiger partial charge on any atom is 0.430 e. The Balaban J connectivity index is 5.72. The van der Waals surface area contributed by atoms with Crippen LogP contribution in [-0.4, -0.2) is 97.7 Å². The summed E-state index contributed by atoms with van der Waals surface area (Å²) in [6.45, 7) is -1.95. The van der Waals surface area contributed by atoms with Crippen molar-refractivity contribution in [3.05, 3.63) is 0 Å². The molecule has 0 saturated carbocycles. The second-order valence-corrected chi connectivity index (χ2v) is 8.20. The monoisotopic (exact) mass is 484 g/mol. The van der Waals surface area contributed by atoms with Crippen LogP contribution in [0.3, 0.4) is 0 Å². The van der Waals surface area contributed by atoms with E-state index in [0.29, 0.717) is 0 Å². The minimum Gasteiger partial charge on any atom is -0.477 e. The molecule has 3 atom stereocenters. The van der Waals surface area contributed by atoms with Gasteiger partial charge in [-0.15, -0.1) is 0 Å². The molecule has 5 nitrogen and oxygen atoms in total. The van der Waals surface area contributed by atoms with Crippen LogP contribution in [0.15, 0.2) is 0 Å². The van der Waals surface area contributed by atoms with Crippen molar-refractivity contribution in [2.75, 3.05) is 45.9 Å². The standard InChI is InChI=1S/C15H22F9NO4S/c1-12(16,14(20,21)22)15(23,24)29-10(13(17,18)19)7-25(2,3)9(11(26)27)8-30-6-5-28-4/h9-10H,5-8H2,1-4H3/p+1. The quantitative estimate of drug-likeness (QED) is 0.260. The molecule has 0 aliphatic carbocycles. The first kappa shape index (κ1) is 29.1. The topological polar surface area (TPSA) is 55.8 Å². The molecule has 0 aliphatic heterocycles. The molecule has 0 rings (SSSR count). The van der Waals surface area contributed by atoms with Crippen LogP contribution in [0.2, 0.25) is 0 Å². The lowest BCUT2D eigenvalue weighted by Crippen LogP contribution is -2.63. The van der Waals surface area contributed by atoms with Gasteiger partial charge in [0.1, 0.15) is 6.54 Å². The average molecular weight is 484 g/mol. The minimum absolute atomic E-state index is 0.206. The molecule has 0 aromatic heterocycles. The van der Waals surface area contributed by atoms with Crippen molar-refractivity contribution in [3.63, 3.8) is 0 Å². The predicted molar refractivity (Wildman–Crippen MR) is 89.0 cm³/mol. The zero-order valence-electron chi connectivity index (χ0n) is 16.4. The van der Waals surface area contributed by atoms with Crippen molar-refractivity contribution in [2.45, 2.75) is 43.2 Å². The van der Waals surface area contributed by atoms with E-state index in [9.17, 15) is 49.4 Å². The highest BCUT2D eigenvalue weighted by Gasteiger charge is 2.71. The van der Waals surface area contributed by atoms with Crippen LogP contribution in [0, 0.1) is 0 Å². The van der Waals surface area contributed by atoms with Crippen molar-refractivity contribution in [3.8, 4) is 0 Å². The molecular formula is C15H23F9NO4S+. The van der Waals surface area contributed by atoms with Gasteiger partial charge in [0.2, 0.25) is 6.10 Å². The molecule has 0 spiro atoms. The first-order chi connectivity index (χ1) is 13.2. The fraction of sp³-hybridized carbons (Fsp3) is 0.933. The minimum atomic E-state index is -6.22. The Labute approximate surface area is 171 Å². The van der Waals surface area contributed by atoms with Crippen molar-refractivity contribution in [2.24, 2.45) is 0 Å². The van der Waals surface area contributed by atoms with E-state index >= 15 is 0 Å². The molecule has 15 heteroatoms. The van der Waals surface area contributed by atoms with E-state index in [0.717, 1.165) is 25.9 Å². The van der Waals surface area contributed by atoms with Gasteiger partial charge in [0.25, 0.3) is 5.67 Å². The molecule has 0 fully saturated rings. The van der Waals surface area contributed by atoms with Crippen molar-refractivity contribution < 1.29 is 63.4 Å². The van der Waals surface area contributed by atoms with Crippen LogP contribution < -0.4 is 0 Å². The van der Waals surface area contributed by atoms with Gasteiger partial charge >= 0.3 is 24.4 Å². The van der Waals surface area contributed by atoms with Crippen LogP contribution in [-0.2, 0) is 14.3 Å². The zero-order valence-corrected chi connectivity index (χ0v) is 17.2. The number of rotatable bonds is 12. The Kier molecular flexibility index (Phi) is 9.81. The molecule has 0 amide bonds. The largest absolute Gasteiger partial charge is 0.477 e. The third-order valence-corrected chi connectivity index (χ3v) is 5.21. The molecule has 180 valence electrons. The summed E-state index contributed by atoms with van der Waals surface area (Å²) in [6.07, 6.45) is -21.3. The third kappa shape index (κ3) is 7.64. The van der Waals surface area contributed by atoms with Crippen LogP contribution >= 0.6 is 11.8 Å². The fourth-order valence-corrected chi connectivity index (χ4v) is 3.35. The molecule has 0 bridgehead atoms. The number of carbonyl (C=O) groups is 1. The fourth-order valence-electron chi connectivity index (χ4n) is 2.13. The van der Waals surface area contributed by atoms with E-state index in [-0.39, 0.29) is 18.1 Å². The summed E-state index contributed by atoms with van der Waals surface area (Å²) in [7, 11) is 3.27. The number of thioether (sulfide) groups is 1. The molecule has 0 radical (unpaired) electrons. The molecule has 0 aromatic rings. The summed E-state index contributed by atoms with van der Waals surface area (Å²) in [4.78, 5) is 11.5. The Morgan fingerprint density at radius 3 is 1.93 bits per heavy atom. The first-order valence-electron chi connectivity index (χ1n) is 8.21. The van der Waals surface area contributed by atoms with E-state index in [1.807, 2.05) is 0 Å². The SMILES string of the molecule is COCCSCC(C(=O)O)[N+](C)(C)CC(OC(F)(F)C(C)(F)C(F)(F)F)C(F)(F)F. The number of halogens is 9. The van der Waals surface area contributed by atoms with Gasteiger partial charge in [-0.05, 0) is 6.92 Å². The maximum absolute atomic E-state index is 13.7. The number of quaternary nitrogens is 1. The number of hydrogen-bond acceptors (Lipinski definition) is 4. The van der Waals surface area contributed by atoms with Gasteiger partial charge in [0.15, 0.2) is 6.04 Å². The van der Waals surface area contributed by atoms with Gasteiger partial charge in [-0.25, -0.2) is 9.18 Å². The highest BCUT2D eigenvalue weighted by Crippen LogP contribution is 2.47. The van der Waals surface area contributed by atoms with Crippen LogP contribution in [0.4, 0.5) is 39.5 Å². The van der Waals surface area contributed by atoms with Gasteiger partial charge in [0.05, 0.1) is 26.5 Å². The van der Waals surface area contributed by atoms with Gasteiger partial charge in [-0.1, -0.05) is 0 Å². The molecule has 0 saturated heterocycles. The molecule has 0 aromatic carbocycles. The number of carboxylic acids is 1. The number of methoxy groups -OCH3 is 1. The Bertz CT molecular complexity index is 567. The summed E-state index contributed by atoms with van der Waals surface area (Å²) in [5, 5.41) is 9.31. The van der Waals surface area contributed by atoms with Gasteiger partial charge in [-0.2, -0.15) is 46.9 Å². The number of carboxylic acid groups (broad SMARTS) is 1. The van der Waals surface area contributed by atoms with E-state index in [2.05, 4.69) is 4.74 Å². The molecule has 0 heterocycles. The summed E-state index contributed by atoms with van der Waals surface area (Å²) >= 11 is 0.996. The number of aliphatic carboxylic acids is 1. The third-order valence-electron chi connectivity index (χ3n) is 4.21. The average Bonchev–Trinajstić information content (AvgIpc) is 2.50. The normalized spacial score (nSPS) is 18.0. The lowest BCUT2D eigenvalue weighted by molar-refractivity contribution is -0.908. The maximum atomic E-state index is 13.7. The van der Waals surface area contributed by atoms with E-state index in [4.69, 9.17) is 4.74 Å². The Morgan fingerprint density at radius 1 is 1.07 bits per heavy atom. The molecular weight excluding hydrogens is 461 g/mol. The number of likely N-dealkylation sites (N-methyl/N-ethyl adjacent to an activating group) is 1. The highest BCUT2D eigenvalue weighted by atomic mass is 32.2. The van der Waals surface area contributed by atoms with Crippen LogP contribution in [0.5, 0.6) is 0 Å². The van der Waals surface area contributed by atoms with E-state index < -0.39 is 60.2 Å². The molecule has 0 aliphatic rings. The molecule has 1 N–H and O–H groups in total. The molecule has 30 heavy (non-hydrogen) atoms. The van der Waals surface area contributed by atoms with E-state index in [1.54, 1.807) is 0 Å². The predicted octanol–water partition coefficient (Wildman–Crippen LogP) is 3.73. The smallest absolute Gasteiger partial charge is 0.430 e. The van der Waals surface area contributed by atoms with Crippen molar-refractivity contribution in [1.29, 1.82) is 0 Å². The summed E-state index contributed by atoms with van der Waals surface area (Å²) in [6, 6.07) is -1.56. The summed E-state index contributed by atoms with van der Waals surface area (Å²) in [5.74, 6) is -1.54. The number of ether oxygens (including phenoxy) is 2. The summed E-state index contributed by atoms with van der Waals surface area (Å²) < 4.78 is 125. The lowest BCUT2D eigenvalue weighted by atomic mass is 10.1. The number of alkyl halides is 9. The van der Waals surface area contributed by atoms with Crippen LogP contribution in [0.25, 0.3) is 0 Å². The summed E-state index contributed by atoms with van der Waals surface area (Å²) in [5.41, 5.74) is -5.41. The van der Waals surface area contributed by atoms with E-state index in [1.165, 1.54) is 7.11 Å². The first-order valence-corrected chi connectivity index (χ1v) is 9.36. The zero-order chi connectivity index (χ0) is 24.2. The van der Waals surface area contributed by atoms with Gasteiger partial charge < -0.3 is 14.3 Å². The Hall–Kier alpha value is -0.930. The lowest BCUT2D eigenvalue weighted by Gasteiger charge is -2.40. The highest BCUT2D eigenvalue weighted by molar-refractivity contribution is 7.99. The number of hydrogen-bond donors (Lipinski definition) is 1. The second kappa shape index (κ2) is 10.1.